The number of aryl methyl sites for hydroxylation is 2. The number of carboxylic acid groups (broad SMARTS) is 1. The molecule has 2 heterocycles. The van der Waals surface area contributed by atoms with Crippen LogP contribution in [0, 0.1) is 13.8 Å². The van der Waals surface area contributed by atoms with Gasteiger partial charge < -0.3 is 9.84 Å². The van der Waals surface area contributed by atoms with Gasteiger partial charge in [-0.2, -0.15) is 10.2 Å². The summed E-state index contributed by atoms with van der Waals surface area (Å²) in [5, 5.41) is 24.4. The smallest absolute Gasteiger partial charge is 0.337 e. The minimum absolute atomic E-state index is 0.263. The van der Waals surface area contributed by atoms with Crippen molar-refractivity contribution in [3.8, 4) is 0 Å². The Hall–Kier alpha value is -3.68. The first-order valence-electron chi connectivity index (χ1n) is 8.11. The number of esters is 1. The fourth-order valence-corrected chi connectivity index (χ4v) is 2.67. The summed E-state index contributed by atoms with van der Waals surface area (Å²) in [6.45, 7) is 3.84. The molecule has 3 N–H and O–H groups in total. The Morgan fingerprint density at radius 3 is 1.85 bits per heavy atom. The van der Waals surface area contributed by atoms with Crippen LogP contribution in [0.1, 0.15) is 32.1 Å². The number of benzene rings is 2. The molecule has 0 saturated heterocycles. The maximum Gasteiger partial charge on any atom is 0.337 e. The number of fused-ring (bicyclic) bond motifs is 2. The molecule has 0 radical (unpaired) electrons. The molecule has 138 valence electrons. The lowest BCUT2D eigenvalue weighted by molar-refractivity contribution is 0.0600. The number of hydrogen-bond acceptors (Lipinski definition) is 5. The second kappa shape index (κ2) is 7.28. The number of H-pyrrole nitrogens is 2. The lowest BCUT2D eigenvalue weighted by Crippen LogP contribution is -2.00. The molecule has 0 aliphatic heterocycles. The van der Waals surface area contributed by atoms with E-state index in [9.17, 15) is 9.59 Å². The SMILES string of the molecule is COC(=O)c1ccc2c(C)[nH]nc2c1.Cc1[nH]nc2cc(C(=O)O)ccc12. The molecule has 2 aromatic carbocycles. The van der Waals surface area contributed by atoms with E-state index in [2.05, 4.69) is 25.1 Å². The number of carboxylic acids is 1. The lowest BCUT2D eigenvalue weighted by atomic mass is 10.1. The molecule has 0 saturated carbocycles. The van der Waals surface area contributed by atoms with Crippen molar-refractivity contribution in [1.82, 2.24) is 20.4 Å². The standard InChI is InChI=1S/C10H10N2O2.C9H8N2O2/c1-6-8-4-3-7(10(13)14-2)5-9(8)12-11-6;1-5-7-3-2-6(9(12)13)4-8(7)11-10-5/h3-5H,1-2H3,(H,11,12);2-4H,1H3,(H,10,11)(H,12,13). The summed E-state index contributed by atoms with van der Waals surface area (Å²) in [4.78, 5) is 21.8. The lowest BCUT2D eigenvalue weighted by Gasteiger charge is -1.97. The molecule has 0 fully saturated rings. The quantitative estimate of drug-likeness (QED) is 0.468. The number of carbonyl (C=O) groups excluding carboxylic acids is 1. The molecular formula is C19H18N4O4. The molecule has 8 heteroatoms. The zero-order valence-corrected chi connectivity index (χ0v) is 15.0. The van der Waals surface area contributed by atoms with Gasteiger partial charge in [0.15, 0.2) is 0 Å². The topological polar surface area (TPSA) is 121 Å². The summed E-state index contributed by atoms with van der Waals surface area (Å²) < 4.78 is 4.62. The van der Waals surface area contributed by atoms with Crippen molar-refractivity contribution >= 4 is 33.7 Å². The number of nitrogens with one attached hydrogen (secondary N) is 2. The Kier molecular flexibility index (Phi) is 4.89. The van der Waals surface area contributed by atoms with Gasteiger partial charge in [-0.25, -0.2) is 9.59 Å². The van der Waals surface area contributed by atoms with E-state index in [1.54, 1.807) is 30.3 Å². The number of nitrogens with zero attached hydrogens (tertiary/aromatic N) is 2. The molecule has 0 atom stereocenters. The van der Waals surface area contributed by atoms with E-state index < -0.39 is 5.97 Å². The third-order valence-electron chi connectivity index (χ3n) is 4.16. The summed E-state index contributed by atoms with van der Waals surface area (Å²) in [5.74, 6) is -1.27. The zero-order chi connectivity index (χ0) is 19.6. The summed E-state index contributed by atoms with van der Waals surface area (Å²) in [6.07, 6.45) is 0. The van der Waals surface area contributed by atoms with Gasteiger partial charge in [0, 0.05) is 22.2 Å². The van der Waals surface area contributed by atoms with Crippen LogP contribution in [-0.4, -0.2) is 44.5 Å². The normalized spacial score (nSPS) is 10.5. The average molecular weight is 366 g/mol. The molecular weight excluding hydrogens is 348 g/mol. The van der Waals surface area contributed by atoms with Crippen molar-refractivity contribution in [1.29, 1.82) is 0 Å². The summed E-state index contributed by atoms with van der Waals surface area (Å²) in [5.41, 5.74) is 4.21. The molecule has 0 unspecified atom stereocenters. The molecule has 0 aliphatic rings. The van der Waals surface area contributed by atoms with Crippen LogP contribution in [0.15, 0.2) is 36.4 Å². The summed E-state index contributed by atoms with van der Waals surface area (Å²) in [6, 6.07) is 10.2. The van der Waals surface area contributed by atoms with Crippen LogP contribution in [0.3, 0.4) is 0 Å². The van der Waals surface area contributed by atoms with Gasteiger partial charge in [-0.1, -0.05) is 12.1 Å². The number of aromatic carboxylic acids is 1. The first kappa shape index (κ1) is 18.1. The fraction of sp³-hybridized carbons (Fsp3) is 0.158. The van der Waals surface area contributed by atoms with Gasteiger partial charge in [0.2, 0.25) is 0 Å². The van der Waals surface area contributed by atoms with E-state index in [4.69, 9.17) is 5.11 Å². The third-order valence-corrected chi connectivity index (χ3v) is 4.16. The number of aromatic nitrogens is 4. The monoisotopic (exact) mass is 366 g/mol. The highest BCUT2D eigenvalue weighted by molar-refractivity contribution is 5.95. The van der Waals surface area contributed by atoms with Crippen molar-refractivity contribution in [3.05, 3.63) is 58.9 Å². The van der Waals surface area contributed by atoms with Gasteiger partial charge in [-0.05, 0) is 38.1 Å². The highest BCUT2D eigenvalue weighted by atomic mass is 16.5. The molecule has 27 heavy (non-hydrogen) atoms. The van der Waals surface area contributed by atoms with Gasteiger partial charge >= 0.3 is 11.9 Å². The molecule has 0 spiro atoms. The van der Waals surface area contributed by atoms with Crippen molar-refractivity contribution < 1.29 is 19.4 Å². The minimum Gasteiger partial charge on any atom is -0.478 e. The largest absolute Gasteiger partial charge is 0.478 e. The number of hydrogen-bond donors (Lipinski definition) is 3. The van der Waals surface area contributed by atoms with E-state index in [-0.39, 0.29) is 11.5 Å². The number of carbonyl (C=O) groups is 2. The van der Waals surface area contributed by atoms with Crippen LogP contribution in [-0.2, 0) is 4.74 Å². The molecule has 4 aromatic rings. The van der Waals surface area contributed by atoms with Gasteiger partial charge in [-0.15, -0.1) is 0 Å². The predicted molar refractivity (Wildman–Crippen MR) is 100.0 cm³/mol. The van der Waals surface area contributed by atoms with Crippen LogP contribution in [0.25, 0.3) is 21.8 Å². The molecule has 0 bridgehead atoms. The predicted octanol–water partition coefficient (Wildman–Crippen LogP) is 3.23. The van der Waals surface area contributed by atoms with E-state index in [1.165, 1.54) is 7.11 Å². The van der Waals surface area contributed by atoms with Crippen molar-refractivity contribution in [2.75, 3.05) is 7.11 Å². The number of aromatic amines is 2. The number of ether oxygens (including phenoxy) is 1. The van der Waals surface area contributed by atoms with Gasteiger partial charge in [0.1, 0.15) is 0 Å². The Morgan fingerprint density at radius 1 is 0.889 bits per heavy atom. The van der Waals surface area contributed by atoms with Crippen molar-refractivity contribution in [2.45, 2.75) is 13.8 Å². The van der Waals surface area contributed by atoms with E-state index in [1.807, 2.05) is 19.9 Å². The molecule has 4 rings (SSSR count). The number of rotatable bonds is 2. The van der Waals surface area contributed by atoms with Crippen LogP contribution in [0.2, 0.25) is 0 Å². The van der Waals surface area contributed by atoms with Gasteiger partial charge in [-0.3, -0.25) is 10.2 Å². The Balaban J connectivity index is 0.000000156. The van der Waals surface area contributed by atoms with Crippen molar-refractivity contribution in [2.24, 2.45) is 0 Å². The Labute approximate surface area is 154 Å². The van der Waals surface area contributed by atoms with Gasteiger partial charge in [0.05, 0.1) is 29.3 Å². The Morgan fingerprint density at radius 2 is 1.37 bits per heavy atom. The average Bonchev–Trinajstić information content (AvgIpc) is 3.24. The highest BCUT2D eigenvalue weighted by Gasteiger charge is 2.08. The summed E-state index contributed by atoms with van der Waals surface area (Å²) >= 11 is 0. The molecule has 0 aliphatic carbocycles. The van der Waals surface area contributed by atoms with Gasteiger partial charge in [0.25, 0.3) is 0 Å². The third kappa shape index (κ3) is 3.64. The maximum absolute atomic E-state index is 11.2. The van der Waals surface area contributed by atoms with Crippen LogP contribution in [0.4, 0.5) is 0 Å². The first-order valence-corrected chi connectivity index (χ1v) is 8.11. The zero-order valence-electron chi connectivity index (χ0n) is 15.0. The second-order valence-electron chi connectivity index (χ2n) is 5.96. The minimum atomic E-state index is -0.928. The molecule has 0 amide bonds. The Bertz CT molecular complexity index is 1140. The van der Waals surface area contributed by atoms with E-state index >= 15 is 0 Å². The van der Waals surface area contributed by atoms with Crippen LogP contribution < -0.4 is 0 Å². The highest BCUT2D eigenvalue weighted by Crippen LogP contribution is 2.17. The fourth-order valence-electron chi connectivity index (χ4n) is 2.67. The van der Waals surface area contributed by atoms with Crippen molar-refractivity contribution in [3.63, 3.8) is 0 Å². The number of methoxy groups -OCH3 is 1. The second-order valence-corrected chi connectivity index (χ2v) is 5.96. The van der Waals surface area contributed by atoms with E-state index in [0.29, 0.717) is 11.1 Å². The summed E-state index contributed by atoms with van der Waals surface area (Å²) in [7, 11) is 1.36. The van der Waals surface area contributed by atoms with Crippen LogP contribution in [0.5, 0.6) is 0 Å². The molecule has 2 aromatic heterocycles. The first-order chi connectivity index (χ1) is 12.9. The maximum atomic E-state index is 11.2. The van der Waals surface area contributed by atoms with Crippen LogP contribution >= 0.6 is 0 Å². The van der Waals surface area contributed by atoms with E-state index in [0.717, 1.165) is 27.7 Å². The molecule has 8 nitrogen and oxygen atoms in total.